The molecule has 1 aromatic rings. The summed E-state index contributed by atoms with van der Waals surface area (Å²) in [6.45, 7) is 0.436. The summed E-state index contributed by atoms with van der Waals surface area (Å²) in [5, 5.41) is 9.60. The van der Waals surface area contributed by atoms with Crippen LogP contribution in [0.4, 0.5) is 4.39 Å². The molecule has 0 amide bonds. The molecule has 5 nitrogen and oxygen atoms in total. The molecular weight excluding hydrogens is 261 g/mol. The zero-order chi connectivity index (χ0) is 13.2. The quantitative estimate of drug-likeness (QED) is 0.829. The Morgan fingerprint density at radius 3 is 2.78 bits per heavy atom. The van der Waals surface area contributed by atoms with Crippen LogP contribution in [0.2, 0.25) is 0 Å². The van der Waals surface area contributed by atoms with Gasteiger partial charge in [-0.1, -0.05) is 12.1 Å². The third kappa shape index (κ3) is 2.86. The molecule has 7 heteroatoms. The number of nitrogens with one attached hydrogen (secondary N) is 1. The number of ether oxygens (including phenoxy) is 1. The fraction of sp³-hybridized carbons (Fsp3) is 0.455. The summed E-state index contributed by atoms with van der Waals surface area (Å²) in [7, 11) is -3.96. The lowest BCUT2D eigenvalue weighted by Crippen LogP contribution is -2.48. The third-order valence-corrected chi connectivity index (χ3v) is 4.28. The fourth-order valence-corrected chi connectivity index (χ4v) is 3.17. The van der Waals surface area contributed by atoms with Crippen LogP contribution in [0.1, 0.15) is 6.42 Å². The van der Waals surface area contributed by atoms with E-state index in [2.05, 4.69) is 4.72 Å². The van der Waals surface area contributed by atoms with Crippen LogP contribution in [-0.2, 0) is 14.8 Å². The molecular formula is C11H14FNO4S. The van der Waals surface area contributed by atoms with Crippen molar-refractivity contribution in [1.82, 2.24) is 4.72 Å². The molecule has 1 aliphatic heterocycles. The molecule has 1 saturated heterocycles. The maximum Gasteiger partial charge on any atom is 0.243 e. The van der Waals surface area contributed by atoms with Gasteiger partial charge in [0.15, 0.2) is 0 Å². The third-order valence-electron chi connectivity index (χ3n) is 2.76. The van der Waals surface area contributed by atoms with Gasteiger partial charge in [0.05, 0.1) is 18.8 Å². The maximum atomic E-state index is 13.4. The van der Waals surface area contributed by atoms with Crippen molar-refractivity contribution in [3.05, 3.63) is 30.1 Å². The number of halogens is 1. The molecule has 2 N–H and O–H groups in total. The van der Waals surface area contributed by atoms with Crippen LogP contribution < -0.4 is 4.72 Å². The van der Waals surface area contributed by atoms with E-state index in [0.717, 1.165) is 6.07 Å². The Labute approximate surface area is 105 Å². The van der Waals surface area contributed by atoms with E-state index in [4.69, 9.17) is 4.74 Å². The Bertz CT molecular complexity index is 520. The van der Waals surface area contributed by atoms with E-state index in [-0.39, 0.29) is 6.61 Å². The minimum atomic E-state index is -3.96. The van der Waals surface area contributed by atoms with E-state index in [1.807, 2.05) is 0 Å². The van der Waals surface area contributed by atoms with Gasteiger partial charge in [0.1, 0.15) is 10.7 Å². The van der Waals surface area contributed by atoms with E-state index in [9.17, 15) is 17.9 Å². The van der Waals surface area contributed by atoms with Crippen molar-refractivity contribution in [2.75, 3.05) is 13.2 Å². The van der Waals surface area contributed by atoms with Gasteiger partial charge in [0, 0.05) is 6.61 Å². The van der Waals surface area contributed by atoms with Crippen LogP contribution in [-0.4, -0.2) is 38.9 Å². The van der Waals surface area contributed by atoms with Gasteiger partial charge in [-0.15, -0.1) is 0 Å². The minimum absolute atomic E-state index is 0.0739. The van der Waals surface area contributed by atoms with Crippen molar-refractivity contribution in [2.45, 2.75) is 23.5 Å². The van der Waals surface area contributed by atoms with Gasteiger partial charge >= 0.3 is 0 Å². The Morgan fingerprint density at radius 1 is 1.39 bits per heavy atom. The molecule has 1 aromatic carbocycles. The molecule has 0 spiro atoms. The molecule has 0 saturated carbocycles. The summed E-state index contributed by atoms with van der Waals surface area (Å²) in [5.74, 6) is -0.813. The van der Waals surface area contributed by atoms with Crippen LogP contribution in [0.25, 0.3) is 0 Å². The van der Waals surface area contributed by atoms with E-state index in [1.165, 1.54) is 18.2 Å². The number of aliphatic hydroxyl groups excluding tert-OH is 1. The molecule has 0 unspecified atom stereocenters. The summed E-state index contributed by atoms with van der Waals surface area (Å²) in [5.41, 5.74) is 0. The van der Waals surface area contributed by atoms with Crippen LogP contribution in [0.3, 0.4) is 0 Å². The first-order chi connectivity index (χ1) is 8.50. The molecule has 1 fully saturated rings. The smallest absolute Gasteiger partial charge is 0.243 e. The highest BCUT2D eigenvalue weighted by Crippen LogP contribution is 2.16. The van der Waals surface area contributed by atoms with Gasteiger partial charge in [0.25, 0.3) is 0 Å². The number of sulfonamides is 1. The van der Waals surface area contributed by atoms with Crippen LogP contribution in [0, 0.1) is 5.82 Å². The highest BCUT2D eigenvalue weighted by Gasteiger charge is 2.29. The molecule has 100 valence electrons. The van der Waals surface area contributed by atoms with Crippen molar-refractivity contribution in [3.8, 4) is 0 Å². The number of rotatable bonds is 3. The highest BCUT2D eigenvalue weighted by molar-refractivity contribution is 7.89. The Balaban J connectivity index is 2.19. The number of hydrogen-bond acceptors (Lipinski definition) is 4. The summed E-state index contributed by atoms with van der Waals surface area (Å²) in [6, 6.07) is 4.47. The zero-order valence-corrected chi connectivity index (χ0v) is 10.4. The van der Waals surface area contributed by atoms with Gasteiger partial charge in [0.2, 0.25) is 10.0 Å². The van der Waals surface area contributed by atoms with Gasteiger partial charge in [-0.3, -0.25) is 0 Å². The lowest BCUT2D eigenvalue weighted by atomic mass is 10.1. The number of aliphatic hydroxyl groups is 1. The van der Waals surface area contributed by atoms with E-state index >= 15 is 0 Å². The second kappa shape index (κ2) is 5.31. The van der Waals surface area contributed by atoms with Crippen LogP contribution >= 0.6 is 0 Å². The van der Waals surface area contributed by atoms with Crippen LogP contribution in [0.15, 0.2) is 29.2 Å². The van der Waals surface area contributed by atoms with Crippen molar-refractivity contribution < 1.29 is 22.7 Å². The Morgan fingerprint density at radius 2 is 2.11 bits per heavy atom. The van der Waals surface area contributed by atoms with Crippen molar-refractivity contribution in [2.24, 2.45) is 0 Å². The van der Waals surface area contributed by atoms with Gasteiger partial charge in [-0.25, -0.2) is 17.5 Å². The molecule has 2 rings (SSSR count). The predicted octanol–water partition coefficient (Wildman–Crippen LogP) is 0.254. The number of benzene rings is 1. The summed E-state index contributed by atoms with van der Waals surface area (Å²) in [6.07, 6.45) is -0.560. The average molecular weight is 275 g/mol. The number of hydrogen-bond donors (Lipinski definition) is 2. The van der Waals surface area contributed by atoms with E-state index in [1.54, 1.807) is 0 Å². The largest absolute Gasteiger partial charge is 0.389 e. The summed E-state index contributed by atoms with van der Waals surface area (Å²) >= 11 is 0. The van der Waals surface area contributed by atoms with Gasteiger partial charge in [-0.05, 0) is 18.6 Å². The lowest BCUT2D eigenvalue weighted by Gasteiger charge is -2.28. The van der Waals surface area contributed by atoms with Crippen LogP contribution in [0.5, 0.6) is 0 Å². The molecule has 2 atom stereocenters. The first-order valence-corrected chi connectivity index (χ1v) is 7.02. The predicted molar refractivity (Wildman–Crippen MR) is 62.0 cm³/mol. The molecule has 0 aromatic heterocycles. The van der Waals surface area contributed by atoms with Crippen molar-refractivity contribution in [3.63, 3.8) is 0 Å². The van der Waals surface area contributed by atoms with Crippen molar-refractivity contribution >= 4 is 10.0 Å². The molecule has 0 bridgehead atoms. The first kappa shape index (κ1) is 13.4. The molecule has 0 aliphatic carbocycles. The Kier molecular flexibility index (Phi) is 3.96. The molecule has 1 aliphatic rings. The second-order valence-electron chi connectivity index (χ2n) is 4.09. The topological polar surface area (TPSA) is 75.6 Å². The monoisotopic (exact) mass is 275 g/mol. The minimum Gasteiger partial charge on any atom is -0.389 e. The second-order valence-corrected chi connectivity index (χ2v) is 5.77. The standard InChI is InChI=1S/C11H14FNO4S/c12-8-3-1-2-4-11(8)18(15,16)13-9-5-6-17-7-10(9)14/h1-4,9-10,13-14H,5-7H2/t9-,10-/m1/s1. The fourth-order valence-electron chi connectivity index (χ4n) is 1.79. The highest BCUT2D eigenvalue weighted by atomic mass is 32.2. The van der Waals surface area contributed by atoms with Gasteiger partial charge < -0.3 is 9.84 Å². The van der Waals surface area contributed by atoms with Gasteiger partial charge in [-0.2, -0.15) is 0 Å². The first-order valence-electron chi connectivity index (χ1n) is 5.53. The average Bonchev–Trinajstić information content (AvgIpc) is 2.32. The molecule has 18 heavy (non-hydrogen) atoms. The Hall–Kier alpha value is -1.02. The molecule has 0 radical (unpaired) electrons. The zero-order valence-electron chi connectivity index (χ0n) is 9.54. The SMILES string of the molecule is O=S(=O)(N[C@@H]1CCOC[C@H]1O)c1ccccc1F. The van der Waals surface area contributed by atoms with E-state index in [0.29, 0.717) is 13.0 Å². The molecule has 1 heterocycles. The maximum absolute atomic E-state index is 13.4. The van der Waals surface area contributed by atoms with E-state index < -0.39 is 32.9 Å². The normalized spacial score (nSPS) is 25.0. The van der Waals surface area contributed by atoms with Crippen molar-refractivity contribution in [1.29, 1.82) is 0 Å². The lowest BCUT2D eigenvalue weighted by molar-refractivity contribution is -0.0222. The summed E-state index contributed by atoms with van der Waals surface area (Å²) < 4.78 is 44.7. The summed E-state index contributed by atoms with van der Waals surface area (Å²) in [4.78, 5) is -0.413.